The molecule has 0 aromatic rings. The summed E-state index contributed by atoms with van der Waals surface area (Å²) in [6.45, 7) is 6.39. The zero-order chi connectivity index (χ0) is 12.8. The van der Waals surface area contributed by atoms with Crippen molar-refractivity contribution in [3.63, 3.8) is 0 Å². The predicted octanol–water partition coefficient (Wildman–Crippen LogP) is 2.12. The Morgan fingerprint density at radius 2 is 2.00 bits per heavy atom. The van der Waals surface area contributed by atoms with Crippen LogP contribution in [0.3, 0.4) is 0 Å². The van der Waals surface area contributed by atoms with E-state index in [0.717, 1.165) is 19.3 Å². The molecule has 3 atom stereocenters. The van der Waals surface area contributed by atoms with Crippen molar-refractivity contribution < 1.29 is 9.90 Å². The molecule has 0 aliphatic carbocycles. The second-order valence-electron chi connectivity index (χ2n) is 5.10. The first-order valence-electron chi connectivity index (χ1n) is 6.79. The number of piperidine rings is 1. The quantitative estimate of drug-likeness (QED) is 0.793. The highest BCUT2D eigenvalue weighted by atomic mass is 16.3. The van der Waals surface area contributed by atoms with Crippen LogP contribution in [0.15, 0.2) is 0 Å². The van der Waals surface area contributed by atoms with E-state index in [4.69, 9.17) is 5.11 Å². The number of nitrogens with one attached hydrogen (secondary N) is 1. The highest BCUT2D eigenvalue weighted by molar-refractivity contribution is 5.75. The minimum absolute atomic E-state index is 0.0324. The van der Waals surface area contributed by atoms with Gasteiger partial charge in [0.15, 0.2) is 0 Å². The summed E-state index contributed by atoms with van der Waals surface area (Å²) in [5.74, 6) is 0. The van der Waals surface area contributed by atoms with E-state index in [1.165, 1.54) is 6.42 Å². The molecule has 17 heavy (non-hydrogen) atoms. The van der Waals surface area contributed by atoms with E-state index >= 15 is 0 Å². The number of amides is 2. The minimum atomic E-state index is 0.0324. The zero-order valence-corrected chi connectivity index (χ0v) is 11.3. The van der Waals surface area contributed by atoms with Crippen molar-refractivity contribution in [1.29, 1.82) is 0 Å². The summed E-state index contributed by atoms with van der Waals surface area (Å²) >= 11 is 0. The summed E-state index contributed by atoms with van der Waals surface area (Å²) in [5, 5.41) is 12.0. The van der Waals surface area contributed by atoms with E-state index in [0.29, 0.717) is 18.5 Å². The number of aliphatic hydroxyl groups is 1. The number of nitrogens with zero attached hydrogens (tertiary/aromatic N) is 1. The van der Waals surface area contributed by atoms with Gasteiger partial charge in [0, 0.05) is 24.7 Å². The van der Waals surface area contributed by atoms with Crippen LogP contribution in [0.4, 0.5) is 4.79 Å². The van der Waals surface area contributed by atoms with Gasteiger partial charge in [-0.05, 0) is 46.0 Å². The average Bonchev–Trinajstić information content (AvgIpc) is 2.28. The van der Waals surface area contributed by atoms with Crippen LogP contribution in [0.1, 0.15) is 52.9 Å². The van der Waals surface area contributed by atoms with Gasteiger partial charge in [-0.3, -0.25) is 0 Å². The SMILES string of the molecule is CCC(CCO)NC(=O)N1C(C)CCCC1C. The van der Waals surface area contributed by atoms with E-state index in [-0.39, 0.29) is 18.7 Å². The predicted molar refractivity (Wildman–Crippen MR) is 68.9 cm³/mol. The Labute approximate surface area is 104 Å². The van der Waals surface area contributed by atoms with Gasteiger partial charge in [0.05, 0.1) is 0 Å². The van der Waals surface area contributed by atoms with Crippen molar-refractivity contribution in [3.8, 4) is 0 Å². The normalized spacial score (nSPS) is 26.7. The maximum absolute atomic E-state index is 12.2. The van der Waals surface area contributed by atoms with Crippen molar-refractivity contribution in [2.45, 2.75) is 71.0 Å². The maximum atomic E-state index is 12.2. The molecular weight excluding hydrogens is 216 g/mol. The van der Waals surface area contributed by atoms with Gasteiger partial charge in [-0.25, -0.2) is 4.79 Å². The smallest absolute Gasteiger partial charge is 0.318 e. The third kappa shape index (κ3) is 3.87. The highest BCUT2D eigenvalue weighted by Crippen LogP contribution is 2.22. The van der Waals surface area contributed by atoms with Crippen LogP contribution < -0.4 is 5.32 Å². The summed E-state index contributed by atoms with van der Waals surface area (Å²) in [6, 6.07) is 0.773. The molecule has 2 N–H and O–H groups in total. The molecule has 0 spiro atoms. The molecule has 0 aromatic heterocycles. The first-order chi connectivity index (χ1) is 8.10. The molecular formula is C13H26N2O2. The van der Waals surface area contributed by atoms with Crippen LogP contribution in [0.2, 0.25) is 0 Å². The Balaban J connectivity index is 2.54. The van der Waals surface area contributed by atoms with Gasteiger partial charge in [-0.2, -0.15) is 0 Å². The van der Waals surface area contributed by atoms with Crippen molar-refractivity contribution in [3.05, 3.63) is 0 Å². The molecule has 2 amide bonds. The fourth-order valence-electron chi connectivity index (χ4n) is 2.60. The van der Waals surface area contributed by atoms with E-state index < -0.39 is 0 Å². The number of carbonyl (C=O) groups is 1. The Morgan fingerprint density at radius 3 is 2.47 bits per heavy atom. The Morgan fingerprint density at radius 1 is 1.41 bits per heavy atom. The van der Waals surface area contributed by atoms with Crippen LogP contribution in [0.5, 0.6) is 0 Å². The van der Waals surface area contributed by atoms with Crippen molar-refractivity contribution >= 4 is 6.03 Å². The van der Waals surface area contributed by atoms with Crippen LogP contribution in [-0.4, -0.2) is 40.8 Å². The molecule has 3 unspecified atom stereocenters. The molecule has 1 aliphatic heterocycles. The fourth-order valence-corrected chi connectivity index (χ4v) is 2.60. The van der Waals surface area contributed by atoms with Crippen molar-refractivity contribution in [2.75, 3.05) is 6.61 Å². The van der Waals surface area contributed by atoms with Crippen molar-refractivity contribution in [2.24, 2.45) is 0 Å². The molecule has 1 heterocycles. The number of rotatable bonds is 4. The van der Waals surface area contributed by atoms with Crippen molar-refractivity contribution in [1.82, 2.24) is 10.2 Å². The number of urea groups is 1. The second-order valence-corrected chi connectivity index (χ2v) is 5.10. The van der Waals surface area contributed by atoms with E-state index in [2.05, 4.69) is 19.2 Å². The third-order valence-corrected chi connectivity index (χ3v) is 3.73. The molecule has 0 radical (unpaired) electrons. The zero-order valence-electron chi connectivity index (χ0n) is 11.3. The summed E-state index contributed by atoms with van der Waals surface area (Å²) in [5.41, 5.74) is 0. The van der Waals surface area contributed by atoms with Crippen LogP contribution in [0.25, 0.3) is 0 Å². The Hall–Kier alpha value is -0.770. The lowest BCUT2D eigenvalue weighted by Crippen LogP contribution is -2.53. The average molecular weight is 242 g/mol. The highest BCUT2D eigenvalue weighted by Gasteiger charge is 2.29. The van der Waals surface area contributed by atoms with Gasteiger partial charge in [-0.15, -0.1) is 0 Å². The van der Waals surface area contributed by atoms with Crippen LogP contribution in [0, 0.1) is 0 Å². The monoisotopic (exact) mass is 242 g/mol. The standard InChI is InChI=1S/C13H26N2O2/c1-4-12(8-9-16)14-13(17)15-10(2)6-5-7-11(15)3/h10-12,16H,4-9H2,1-3H3,(H,14,17). The van der Waals surface area contributed by atoms with Gasteiger partial charge in [0.2, 0.25) is 0 Å². The lowest BCUT2D eigenvalue weighted by atomic mass is 9.98. The molecule has 0 bridgehead atoms. The third-order valence-electron chi connectivity index (χ3n) is 3.73. The number of aliphatic hydroxyl groups excluding tert-OH is 1. The van der Waals surface area contributed by atoms with Gasteiger partial charge >= 0.3 is 6.03 Å². The lowest BCUT2D eigenvalue weighted by molar-refractivity contribution is 0.119. The van der Waals surface area contributed by atoms with Gasteiger partial charge < -0.3 is 15.3 Å². The van der Waals surface area contributed by atoms with E-state index in [1.807, 2.05) is 11.8 Å². The van der Waals surface area contributed by atoms with E-state index in [9.17, 15) is 4.79 Å². The first kappa shape index (κ1) is 14.3. The second kappa shape index (κ2) is 6.84. The van der Waals surface area contributed by atoms with Gasteiger partial charge in [0.25, 0.3) is 0 Å². The molecule has 1 saturated heterocycles. The lowest BCUT2D eigenvalue weighted by Gasteiger charge is -2.39. The Bertz CT molecular complexity index is 236. The molecule has 1 rings (SSSR count). The summed E-state index contributed by atoms with van der Waals surface area (Å²) in [4.78, 5) is 14.2. The largest absolute Gasteiger partial charge is 0.396 e. The minimum Gasteiger partial charge on any atom is -0.396 e. The molecule has 1 fully saturated rings. The maximum Gasteiger partial charge on any atom is 0.318 e. The molecule has 100 valence electrons. The molecule has 4 heteroatoms. The molecule has 1 aliphatic rings. The number of carbonyl (C=O) groups excluding carboxylic acids is 1. The number of hydrogen-bond acceptors (Lipinski definition) is 2. The van der Waals surface area contributed by atoms with Gasteiger partial charge in [-0.1, -0.05) is 6.92 Å². The summed E-state index contributed by atoms with van der Waals surface area (Å²) < 4.78 is 0. The first-order valence-corrected chi connectivity index (χ1v) is 6.79. The Kier molecular flexibility index (Phi) is 5.75. The van der Waals surface area contributed by atoms with Crippen LogP contribution in [-0.2, 0) is 0 Å². The topological polar surface area (TPSA) is 52.6 Å². The summed E-state index contributed by atoms with van der Waals surface area (Å²) in [7, 11) is 0. The van der Waals surface area contributed by atoms with E-state index in [1.54, 1.807) is 0 Å². The number of hydrogen-bond donors (Lipinski definition) is 2. The fraction of sp³-hybridized carbons (Fsp3) is 0.923. The molecule has 4 nitrogen and oxygen atoms in total. The van der Waals surface area contributed by atoms with Gasteiger partial charge in [0.1, 0.15) is 0 Å². The molecule has 0 saturated carbocycles. The number of likely N-dealkylation sites (tertiary alicyclic amines) is 1. The summed E-state index contributed by atoms with van der Waals surface area (Å²) in [6.07, 6.45) is 4.89. The molecule has 0 aromatic carbocycles. The van der Waals surface area contributed by atoms with Crippen LogP contribution >= 0.6 is 0 Å².